The maximum Gasteiger partial charge on any atom is 0.338 e. The number of halogens is 2. The lowest BCUT2D eigenvalue weighted by Gasteiger charge is -2.28. The van der Waals surface area contributed by atoms with Gasteiger partial charge in [-0.1, -0.05) is 29.8 Å². The molecule has 0 radical (unpaired) electrons. The van der Waals surface area contributed by atoms with Crippen LogP contribution in [0.4, 0.5) is 4.79 Å². The number of nitrogens with zero attached hydrogens (tertiary/aromatic N) is 1. The number of esters is 1. The molecule has 0 unspecified atom stereocenters. The number of hydrazone groups is 1. The molecule has 0 saturated heterocycles. The fraction of sp³-hybridized carbons (Fsp3) is 0.250. The van der Waals surface area contributed by atoms with Crippen LogP contribution in [-0.4, -0.2) is 51.6 Å². The summed E-state index contributed by atoms with van der Waals surface area (Å²) in [6, 6.07) is 14.6. The average molecular weight is 763 g/mol. The number of urea groups is 1. The van der Waals surface area contributed by atoms with Crippen molar-refractivity contribution in [1.29, 1.82) is 0 Å². The highest BCUT2D eigenvalue weighted by atomic mass is 127. The minimum absolute atomic E-state index is 0.177. The van der Waals surface area contributed by atoms with Gasteiger partial charge in [0.1, 0.15) is 6.61 Å². The number of carbonyl (C=O) groups is 3. The van der Waals surface area contributed by atoms with Gasteiger partial charge in [-0.2, -0.15) is 5.10 Å². The van der Waals surface area contributed by atoms with Gasteiger partial charge in [-0.05, 0) is 84.0 Å². The zero-order valence-corrected chi connectivity index (χ0v) is 28.4. The molecule has 0 spiro atoms. The van der Waals surface area contributed by atoms with E-state index in [4.69, 9.17) is 35.3 Å². The molecule has 3 N–H and O–H groups in total. The lowest BCUT2D eigenvalue weighted by atomic mass is 9.95. The summed E-state index contributed by atoms with van der Waals surface area (Å²) in [6.45, 7) is 3.39. The van der Waals surface area contributed by atoms with E-state index in [-0.39, 0.29) is 36.9 Å². The summed E-state index contributed by atoms with van der Waals surface area (Å²) in [5.41, 5.74) is 5.14. The molecule has 4 rings (SSSR count). The van der Waals surface area contributed by atoms with Crippen LogP contribution in [0.5, 0.6) is 23.0 Å². The fourth-order valence-electron chi connectivity index (χ4n) is 4.48. The van der Waals surface area contributed by atoms with Crippen LogP contribution in [-0.2, 0) is 20.9 Å². The molecular weight excluding hydrogens is 731 g/mol. The predicted octanol–water partition coefficient (Wildman–Crippen LogP) is 5.26. The highest BCUT2D eigenvalue weighted by Crippen LogP contribution is 2.35. The van der Waals surface area contributed by atoms with Gasteiger partial charge in [0.15, 0.2) is 29.6 Å². The average Bonchev–Trinajstić information content (AvgIpc) is 3.03. The molecule has 1 heterocycles. The molecule has 0 fully saturated rings. The number of hydrogen-bond acceptors (Lipinski definition) is 9. The second kappa shape index (κ2) is 16.2. The van der Waals surface area contributed by atoms with Crippen LogP contribution in [0.1, 0.15) is 36.6 Å². The zero-order valence-electron chi connectivity index (χ0n) is 25.4. The number of ether oxygens (including phenoxy) is 5. The largest absolute Gasteiger partial charge is 0.493 e. The predicted molar refractivity (Wildman–Crippen MR) is 179 cm³/mol. The van der Waals surface area contributed by atoms with Crippen LogP contribution in [0.2, 0.25) is 5.02 Å². The topological polar surface area (TPSA) is 146 Å². The number of carbonyl (C=O) groups excluding carboxylic acids is 3. The quantitative estimate of drug-likeness (QED) is 0.0926. The van der Waals surface area contributed by atoms with Crippen LogP contribution in [0, 0.1) is 3.57 Å². The van der Waals surface area contributed by atoms with E-state index in [9.17, 15) is 14.4 Å². The molecule has 3 aromatic rings. The van der Waals surface area contributed by atoms with Crippen molar-refractivity contribution in [3.05, 3.63) is 91.2 Å². The zero-order chi connectivity index (χ0) is 33.2. The third kappa shape index (κ3) is 8.81. The van der Waals surface area contributed by atoms with E-state index in [1.54, 1.807) is 51.3 Å². The van der Waals surface area contributed by atoms with Crippen molar-refractivity contribution >= 4 is 58.3 Å². The molecule has 1 aliphatic heterocycles. The summed E-state index contributed by atoms with van der Waals surface area (Å²) < 4.78 is 28.8. The van der Waals surface area contributed by atoms with E-state index in [1.165, 1.54) is 13.3 Å². The molecule has 3 amide bonds. The van der Waals surface area contributed by atoms with E-state index in [0.29, 0.717) is 33.3 Å². The molecule has 0 aliphatic carbocycles. The summed E-state index contributed by atoms with van der Waals surface area (Å²) in [5, 5.41) is 10.0. The molecule has 1 atom stereocenters. The maximum atomic E-state index is 12.6. The normalized spacial score (nSPS) is 14.3. The van der Waals surface area contributed by atoms with Crippen molar-refractivity contribution in [2.24, 2.45) is 5.10 Å². The van der Waals surface area contributed by atoms with E-state index in [0.717, 1.165) is 9.13 Å². The van der Waals surface area contributed by atoms with Crippen LogP contribution in [0.25, 0.3) is 0 Å². The minimum atomic E-state index is -0.784. The highest BCUT2D eigenvalue weighted by Gasteiger charge is 2.32. The van der Waals surface area contributed by atoms with Crippen molar-refractivity contribution < 1.29 is 38.1 Å². The molecule has 3 aromatic carbocycles. The Morgan fingerprint density at radius 2 is 1.76 bits per heavy atom. The maximum absolute atomic E-state index is 12.6. The van der Waals surface area contributed by atoms with E-state index >= 15 is 0 Å². The molecular formula is C32H32ClIN4O8. The first-order valence-electron chi connectivity index (χ1n) is 14.0. The van der Waals surface area contributed by atoms with Gasteiger partial charge in [-0.3, -0.25) is 4.79 Å². The number of allylic oxidation sites excluding steroid dienone is 1. The molecule has 0 bridgehead atoms. The molecule has 0 saturated carbocycles. The molecule has 46 heavy (non-hydrogen) atoms. The fourth-order valence-corrected chi connectivity index (χ4v) is 5.23. The van der Waals surface area contributed by atoms with Crippen LogP contribution in [0.15, 0.2) is 71.0 Å². The number of rotatable bonds is 13. The number of benzene rings is 3. The van der Waals surface area contributed by atoms with E-state index < -0.39 is 23.9 Å². The number of amides is 3. The van der Waals surface area contributed by atoms with Crippen molar-refractivity contribution in [3.8, 4) is 23.0 Å². The van der Waals surface area contributed by atoms with Gasteiger partial charge in [0.2, 0.25) is 0 Å². The Labute approximate surface area is 284 Å². The molecule has 0 aromatic heterocycles. The van der Waals surface area contributed by atoms with Gasteiger partial charge in [0.05, 0.1) is 38.7 Å². The molecule has 1 aliphatic rings. The van der Waals surface area contributed by atoms with E-state index in [1.807, 2.05) is 24.3 Å². The van der Waals surface area contributed by atoms with Gasteiger partial charge >= 0.3 is 12.0 Å². The smallest absolute Gasteiger partial charge is 0.338 e. The molecule has 14 heteroatoms. The first-order chi connectivity index (χ1) is 22.1. The SMILES string of the molecule is CCOC(=O)C1=C(C)NC(=O)N[C@H]1c1ccc(OCC(=O)N/N=C/c2cc(I)cc(OC)c2OCc2ccc(Cl)cc2)c(OC)c1. The standard InChI is InChI=1S/C32H32ClIN4O8/c1-5-44-31(40)28-18(2)36-32(41)37-29(28)20-8-11-24(25(13-20)42-3)45-17-27(39)38-35-15-21-12-23(34)14-26(43-4)30(21)46-16-19-6-9-22(33)10-7-19/h6-15,29H,5,16-17H2,1-4H3,(H,38,39)(H2,36,37,41)/b35-15+/t29-/m0/s1. The summed E-state index contributed by atoms with van der Waals surface area (Å²) >= 11 is 8.14. The third-order valence-electron chi connectivity index (χ3n) is 6.60. The van der Waals surface area contributed by atoms with Gasteiger partial charge in [-0.15, -0.1) is 0 Å². The Bertz CT molecular complexity index is 1660. The first-order valence-corrected chi connectivity index (χ1v) is 15.4. The van der Waals surface area contributed by atoms with Crippen LogP contribution < -0.4 is 35.0 Å². The Morgan fingerprint density at radius 3 is 2.46 bits per heavy atom. The van der Waals surface area contributed by atoms with Crippen molar-refractivity contribution in [1.82, 2.24) is 16.1 Å². The van der Waals surface area contributed by atoms with E-state index in [2.05, 4.69) is 43.8 Å². The van der Waals surface area contributed by atoms with Gasteiger partial charge in [0, 0.05) is 19.9 Å². The minimum Gasteiger partial charge on any atom is -0.493 e. The van der Waals surface area contributed by atoms with Crippen molar-refractivity contribution in [3.63, 3.8) is 0 Å². The lowest BCUT2D eigenvalue weighted by Crippen LogP contribution is -2.45. The Kier molecular flexibility index (Phi) is 12.1. The van der Waals surface area contributed by atoms with Crippen molar-refractivity contribution in [2.45, 2.75) is 26.5 Å². The number of hydrogen-bond donors (Lipinski definition) is 3. The van der Waals surface area contributed by atoms with Crippen LogP contribution in [0.3, 0.4) is 0 Å². The summed E-state index contributed by atoms with van der Waals surface area (Å²) in [4.78, 5) is 37.4. The first kappa shape index (κ1) is 34.4. The monoisotopic (exact) mass is 762 g/mol. The summed E-state index contributed by atoms with van der Waals surface area (Å²) in [7, 11) is 2.98. The summed E-state index contributed by atoms with van der Waals surface area (Å²) in [6.07, 6.45) is 1.46. The van der Waals surface area contributed by atoms with Crippen molar-refractivity contribution in [2.75, 3.05) is 27.4 Å². The highest BCUT2D eigenvalue weighted by molar-refractivity contribution is 14.1. The summed E-state index contributed by atoms with van der Waals surface area (Å²) in [5.74, 6) is 0.435. The van der Waals surface area contributed by atoms with Crippen LogP contribution >= 0.6 is 34.2 Å². The van der Waals surface area contributed by atoms with Gasteiger partial charge in [-0.25, -0.2) is 15.0 Å². The number of nitrogens with one attached hydrogen (secondary N) is 3. The van der Waals surface area contributed by atoms with Gasteiger partial charge < -0.3 is 34.3 Å². The lowest BCUT2D eigenvalue weighted by molar-refractivity contribution is -0.139. The van der Waals surface area contributed by atoms with Gasteiger partial charge in [0.25, 0.3) is 5.91 Å². The molecule has 242 valence electrons. The second-order valence-electron chi connectivity index (χ2n) is 9.72. The molecule has 12 nitrogen and oxygen atoms in total. The number of methoxy groups -OCH3 is 2. The second-order valence-corrected chi connectivity index (χ2v) is 11.4. The Morgan fingerprint density at radius 1 is 1.02 bits per heavy atom. The Hall–Kier alpha value is -4.50. The Balaban J connectivity index is 1.42. The third-order valence-corrected chi connectivity index (χ3v) is 7.48.